The van der Waals surface area contributed by atoms with Crippen LogP contribution in [0, 0.1) is 0 Å². The van der Waals surface area contributed by atoms with E-state index >= 15 is 0 Å². The van der Waals surface area contributed by atoms with Crippen LogP contribution in [0.2, 0.25) is 0 Å². The fourth-order valence-electron chi connectivity index (χ4n) is 2.68. The predicted octanol–water partition coefficient (Wildman–Crippen LogP) is 2.82. The normalized spacial score (nSPS) is 13.3. The van der Waals surface area contributed by atoms with Crippen molar-refractivity contribution in [3.63, 3.8) is 0 Å². The van der Waals surface area contributed by atoms with E-state index in [9.17, 15) is 0 Å². The van der Waals surface area contributed by atoms with Gasteiger partial charge >= 0.3 is 0 Å². The van der Waals surface area contributed by atoms with E-state index in [1.807, 2.05) is 41.7 Å². The maximum Gasteiger partial charge on any atom is 0.248 e. The predicted molar refractivity (Wildman–Crippen MR) is 82.8 cm³/mol. The molecule has 0 atom stereocenters. The Bertz CT molecular complexity index is 725. The number of thiophene rings is 1. The Morgan fingerprint density at radius 2 is 2.10 bits per heavy atom. The summed E-state index contributed by atoms with van der Waals surface area (Å²) in [6.45, 7) is 0.769. The quantitative estimate of drug-likeness (QED) is 0.804. The Hall–Kier alpha value is -2.21. The fourth-order valence-corrected chi connectivity index (χ4v) is 3.88. The molecule has 21 heavy (non-hydrogen) atoms. The van der Waals surface area contributed by atoms with E-state index in [1.54, 1.807) is 9.56 Å². The van der Waals surface area contributed by atoms with Crippen molar-refractivity contribution in [2.45, 2.75) is 25.8 Å². The molecule has 1 aliphatic rings. The number of hydrogen-bond donors (Lipinski definition) is 1. The third kappa shape index (κ3) is 2.42. The summed E-state index contributed by atoms with van der Waals surface area (Å²) in [5.41, 5.74) is 2.48. The molecule has 3 aromatic rings. The zero-order valence-corrected chi connectivity index (χ0v) is 12.3. The van der Waals surface area contributed by atoms with E-state index in [4.69, 9.17) is 0 Å². The zero-order chi connectivity index (χ0) is 14.1. The molecule has 2 aromatic heterocycles. The Morgan fingerprint density at radius 1 is 1.19 bits per heavy atom. The third-order valence-corrected chi connectivity index (χ3v) is 4.93. The first kappa shape index (κ1) is 12.5. The monoisotopic (exact) mass is 297 g/mol. The van der Waals surface area contributed by atoms with E-state index in [-0.39, 0.29) is 0 Å². The van der Waals surface area contributed by atoms with Crippen molar-refractivity contribution >= 4 is 17.3 Å². The Kier molecular flexibility index (Phi) is 3.16. The molecule has 0 unspecified atom stereocenters. The molecule has 4 rings (SSSR count). The third-order valence-electron chi connectivity index (χ3n) is 3.69. The summed E-state index contributed by atoms with van der Waals surface area (Å²) < 4.78 is 1.72. The molecule has 106 valence electrons. The smallest absolute Gasteiger partial charge is 0.248 e. The van der Waals surface area contributed by atoms with E-state index in [1.165, 1.54) is 29.7 Å². The highest BCUT2D eigenvalue weighted by molar-refractivity contribution is 7.12. The summed E-state index contributed by atoms with van der Waals surface area (Å²) >= 11 is 1.91. The summed E-state index contributed by atoms with van der Waals surface area (Å²) in [4.78, 5) is 2.90. The van der Waals surface area contributed by atoms with Gasteiger partial charge in [0, 0.05) is 9.75 Å². The lowest BCUT2D eigenvalue weighted by molar-refractivity contribution is 0.789. The maximum absolute atomic E-state index is 4.07. The first-order chi connectivity index (χ1) is 10.4. The summed E-state index contributed by atoms with van der Waals surface area (Å²) in [5.74, 6) is 0.676. The van der Waals surface area contributed by atoms with Crippen LogP contribution >= 0.6 is 11.3 Å². The van der Waals surface area contributed by atoms with Gasteiger partial charge in [-0.1, -0.05) is 23.3 Å². The van der Waals surface area contributed by atoms with Crippen LogP contribution < -0.4 is 5.32 Å². The molecule has 0 saturated heterocycles. The second-order valence-electron chi connectivity index (χ2n) is 5.12. The molecule has 5 nitrogen and oxygen atoms in total. The van der Waals surface area contributed by atoms with E-state index in [2.05, 4.69) is 26.9 Å². The average molecular weight is 297 g/mol. The van der Waals surface area contributed by atoms with Crippen LogP contribution in [0.15, 0.2) is 36.4 Å². The Balaban J connectivity index is 1.51. The molecular weight excluding hydrogens is 282 g/mol. The molecule has 0 fully saturated rings. The highest BCUT2D eigenvalue weighted by Gasteiger charge is 2.15. The number of rotatable bonds is 4. The van der Waals surface area contributed by atoms with Gasteiger partial charge in [0.25, 0.3) is 0 Å². The van der Waals surface area contributed by atoms with Crippen molar-refractivity contribution in [2.75, 3.05) is 5.32 Å². The second-order valence-corrected chi connectivity index (χ2v) is 6.34. The molecule has 2 heterocycles. The molecule has 0 saturated carbocycles. The van der Waals surface area contributed by atoms with Crippen molar-refractivity contribution in [2.24, 2.45) is 0 Å². The molecule has 1 aromatic carbocycles. The van der Waals surface area contributed by atoms with Crippen LogP contribution in [0.25, 0.3) is 5.69 Å². The highest BCUT2D eigenvalue weighted by Crippen LogP contribution is 2.30. The number of tetrazole rings is 1. The number of para-hydroxylation sites is 1. The molecule has 1 N–H and O–H groups in total. The van der Waals surface area contributed by atoms with Crippen molar-refractivity contribution in [1.29, 1.82) is 0 Å². The van der Waals surface area contributed by atoms with E-state index in [0.717, 1.165) is 12.2 Å². The summed E-state index contributed by atoms with van der Waals surface area (Å²) in [5, 5.41) is 15.2. The van der Waals surface area contributed by atoms with Crippen molar-refractivity contribution in [3.8, 4) is 5.69 Å². The molecule has 1 aliphatic carbocycles. The first-order valence-electron chi connectivity index (χ1n) is 7.08. The van der Waals surface area contributed by atoms with Crippen LogP contribution in [0.4, 0.5) is 5.95 Å². The summed E-state index contributed by atoms with van der Waals surface area (Å²) in [6.07, 6.45) is 3.77. The molecule has 0 amide bonds. The molecule has 0 bridgehead atoms. The van der Waals surface area contributed by atoms with Gasteiger partial charge < -0.3 is 5.32 Å². The van der Waals surface area contributed by atoms with Gasteiger partial charge in [0.1, 0.15) is 0 Å². The fraction of sp³-hybridized carbons (Fsp3) is 0.267. The van der Waals surface area contributed by atoms with Crippen LogP contribution in [0.3, 0.4) is 0 Å². The Labute approximate surface area is 126 Å². The largest absolute Gasteiger partial charge is 0.348 e. The van der Waals surface area contributed by atoms with E-state index < -0.39 is 0 Å². The van der Waals surface area contributed by atoms with Gasteiger partial charge in [-0.25, -0.2) is 0 Å². The molecular formula is C15H15N5S. The lowest BCUT2D eigenvalue weighted by Crippen LogP contribution is -2.06. The van der Waals surface area contributed by atoms with Gasteiger partial charge in [0.15, 0.2) is 0 Å². The topological polar surface area (TPSA) is 55.6 Å². The number of nitrogens with one attached hydrogen (secondary N) is 1. The van der Waals surface area contributed by atoms with Gasteiger partial charge in [0.05, 0.1) is 12.2 Å². The second kappa shape index (κ2) is 5.29. The number of aryl methyl sites for hydroxylation is 2. The average Bonchev–Trinajstić information content (AvgIpc) is 3.21. The first-order valence-corrected chi connectivity index (χ1v) is 7.90. The molecule has 0 radical (unpaired) electrons. The van der Waals surface area contributed by atoms with Gasteiger partial charge in [-0.2, -0.15) is 4.68 Å². The minimum atomic E-state index is 0.676. The number of fused-ring (bicyclic) bond motifs is 1. The number of aromatic nitrogens is 4. The van der Waals surface area contributed by atoms with Gasteiger partial charge in [0.2, 0.25) is 5.95 Å². The molecule has 6 heteroatoms. The van der Waals surface area contributed by atoms with Crippen molar-refractivity contribution in [1.82, 2.24) is 20.2 Å². The summed E-state index contributed by atoms with van der Waals surface area (Å²) in [6, 6.07) is 12.2. The van der Waals surface area contributed by atoms with E-state index in [0.29, 0.717) is 5.95 Å². The lowest BCUT2D eigenvalue weighted by Gasteiger charge is -2.05. The number of benzene rings is 1. The standard InChI is InChI=1S/C15H15N5S/c1-2-6-12(7-3-1)20-15(17-18-19-20)16-10-13-9-11-5-4-8-14(11)21-13/h1-3,6-7,9H,4-5,8,10H2,(H,16,17,19). The minimum Gasteiger partial charge on any atom is -0.348 e. The SMILES string of the molecule is c1ccc(-n2nnnc2NCc2cc3c(s2)CCC3)cc1. The number of nitrogens with zero attached hydrogens (tertiary/aromatic N) is 4. The van der Waals surface area contributed by atoms with Gasteiger partial charge in [-0.15, -0.1) is 11.3 Å². The zero-order valence-electron chi connectivity index (χ0n) is 11.5. The molecule has 0 aliphatic heterocycles. The van der Waals surface area contributed by atoms with Crippen LogP contribution in [-0.4, -0.2) is 20.2 Å². The summed E-state index contributed by atoms with van der Waals surface area (Å²) in [7, 11) is 0. The number of anilines is 1. The van der Waals surface area contributed by atoms with Crippen LogP contribution in [0.1, 0.15) is 21.7 Å². The highest BCUT2D eigenvalue weighted by atomic mass is 32.1. The maximum atomic E-state index is 4.07. The Morgan fingerprint density at radius 3 is 2.95 bits per heavy atom. The van der Waals surface area contributed by atoms with Crippen molar-refractivity contribution in [3.05, 3.63) is 51.7 Å². The van der Waals surface area contributed by atoms with Gasteiger partial charge in [-0.3, -0.25) is 0 Å². The minimum absolute atomic E-state index is 0.676. The molecule has 0 spiro atoms. The number of hydrogen-bond acceptors (Lipinski definition) is 5. The van der Waals surface area contributed by atoms with Gasteiger partial charge in [-0.05, 0) is 53.5 Å². The van der Waals surface area contributed by atoms with Crippen LogP contribution in [-0.2, 0) is 19.4 Å². The van der Waals surface area contributed by atoms with Crippen molar-refractivity contribution < 1.29 is 0 Å². The lowest BCUT2D eigenvalue weighted by atomic mass is 10.2. The van der Waals surface area contributed by atoms with Crippen LogP contribution in [0.5, 0.6) is 0 Å².